The van der Waals surface area contributed by atoms with Gasteiger partial charge in [0.2, 0.25) is 0 Å². The van der Waals surface area contributed by atoms with Crippen LogP contribution in [0.4, 0.5) is 0 Å². The molecule has 0 bridgehead atoms. The van der Waals surface area contributed by atoms with Gasteiger partial charge in [-0.15, -0.1) is 11.3 Å². The Morgan fingerprint density at radius 1 is 1.68 bits per heavy atom. The molecule has 1 N–H and O–H groups in total. The van der Waals surface area contributed by atoms with E-state index in [0.29, 0.717) is 24.6 Å². The minimum atomic E-state index is -0.166. The van der Waals surface area contributed by atoms with E-state index in [0.717, 1.165) is 10.4 Å². The van der Waals surface area contributed by atoms with Crippen molar-refractivity contribution in [3.05, 3.63) is 21.4 Å². The fourth-order valence-corrected chi connectivity index (χ4v) is 3.01. The zero-order valence-electron chi connectivity index (χ0n) is 11.1. The van der Waals surface area contributed by atoms with E-state index >= 15 is 0 Å². The zero-order valence-corrected chi connectivity index (χ0v) is 11.9. The third kappa shape index (κ3) is 3.16. The van der Waals surface area contributed by atoms with Gasteiger partial charge in [0, 0.05) is 6.54 Å². The second-order valence-electron chi connectivity index (χ2n) is 4.51. The first-order valence-corrected chi connectivity index (χ1v) is 7.04. The molecule has 0 aromatic carbocycles. The number of aliphatic hydroxyl groups excluding tert-OH is 1. The predicted octanol–water partition coefficient (Wildman–Crippen LogP) is 1.26. The first-order valence-electron chi connectivity index (χ1n) is 6.22. The SMILES string of the molecule is Cc1cc(C(=O)N2CCOCC2C)sc1C#CCO. The third-order valence-corrected chi connectivity index (χ3v) is 4.18. The van der Waals surface area contributed by atoms with E-state index < -0.39 is 0 Å². The summed E-state index contributed by atoms with van der Waals surface area (Å²) >= 11 is 1.39. The number of nitrogens with zero attached hydrogens (tertiary/aromatic N) is 1. The van der Waals surface area contributed by atoms with Gasteiger partial charge in [0.05, 0.1) is 29.0 Å². The zero-order chi connectivity index (χ0) is 13.8. The number of morpholine rings is 1. The smallest absolute Gasteiger partial charge is 0.264 e. The quantitative estimate of drug-likeness (QED) is 0.787. The summed E-state index contributed by atoms with van der Waals surface area (Å²) in [5.74, 6) is 5.53. The van der Waals surface area contributed by atoms with E-state index in [1.807, 2.05) is 24.8 Å². The van der Waals surface area contributed by atoms with Gasteiger partial charge in [0.25, 0.3) is 5.91 Å². The summed E-state index contributed by atoms with van der Waals surface area (Å²) in [5.41, 5.74) is 0.982. The fraction of sp³-hybridized carbons (Fsp3) is 0.500. The molecule has 0 spiro atoms. The highest BCUT2D eigenvalue weighted by atomic mass is 32.1. The third-order valence-electron chi connectivity index (χ3n) is 3.04. The first-order chi connectivity index (χ1) is 9.13. The maximum absolute atomic E-state index is 12.4. The Hall–Kier alpha value is -1.35. The van der Waals surface area contributed by atoms with Gasteiger partial charge >= 0.3 is 0 Å². The van der Waals surface area contributed by atoms with Crippen LogP contribution in [-0.2, 0) is 4.74 Å². The highest BCUT2D eigenvalue weighted by molar-refractivity contribution is 7.14. The van der Waals surface area contributed by atoms with Crippen LogP contribution in [-0.4, -0.2) is 48.3 Å². The van der Waals surface area contributed by atoms with Crippen LogP contribution in [0.2, 0.25) is 0 Å². The molecule has 1 saturated heterocycles. The molecule has 0 saturated carbocycles. The van der Waals surface area contributed by atoms with Gasteiger partial charge in [-0.1, -0.05) is 11.8 Å². The molecule has 1 aliphatic heterocycles. The van der Waals surface area contributed by atoms with Crippen molar-refractivity contribution >= 4 is 17.2 Å². The Balaban J connectivity index is 2.19. The molecule has 1 aromatic heterocycles. The number of carbonyl (C=O) groups is 1. The molecule has 1 atom stereocenters. The number of rotatable bonds is 1. The second-order valence-corrected chi connectivity index (χ2v) is 5.56. The molecule has 0 aliphatic carbocycles. The number of aliphatic hydroxyl groups is 1. The molecule has 5 heteroatoms. The minimum absolute atomic E-state index is 0.0425. The number of hydrogen-bond donors (Lipinski definition) is 1. The monoisotopic (exact) mass is 279 g/mol. The van der Waals surface area contributed by atoms with Gasteiger partial charge in [-0.05, 0) is 25.5 Å². The normalized spacial score (nSPS) is 18.9. The summed E-state index contributed by atoms with van der Waals surface area (Å²) < 4.78 is 5.34. The lowest BCUT2D eigenvalue weighted by molar-refractivity contribution is 0.00386. The van der Waals surface area contributed by atoms with Crippen molar-refractivity contribution in [2.45, 2.75) is 19.9 Å². The van der Waals surface area contributed by atoms with Crippen LogP contribution in [0.15, 0.2) is 6.07 Å². The van der Waals surface area contributed by atoms with Crippen molar-refractivity contribution in [3.63, 3.8) is 0 Å². The summed E-state index contributed by atoms with van der Waals surface area (Å²) in [6.07, 6.45) is 0. The number of hydrogen-bond acceptors (Lipinski definition) is 4. The van der Waals surface area contributed by atoms with Crippen LogP contribution in [0.3, 0.4) is 0 Å². The lowest BCUT2D eigenvalue weighted by Crippen LogP contribution is -2.46. The molecule has 2 heterocycles. The topological polar surface area (TPSA) is 49.8 Å². The second kappa shape index (κ2) is 6.20. The van der Waals surface area contributed by atoms with Crippen LogP contribution in [0.25, 0.3) is 0 Å². The van der Waals surface area contributed by atoms with E-state index in [-0.39, 0.29) is 18.6 Å². The van der Waals surface area contributed by atoms with Crippen molar-refractivity contribution < 1.29 is 14.6 Å². The van der Waals surface area contributed by atoms with Crippen LogP contribution < -0.4 is 0 Å². The fourth-order valence-electron chi connectivity index (χ4n) is 2.00. The standard InChI is InChI=1S/C14H17NO3S/c1-10-8-13(19-12(10)4-3-6-16)14(17)15-5-7-18-9-11(15)2/h8,11,16H,5-7,9H2,1-2H3. The molecule has 1 aromatic rings. The Bertz CT molecular complexity index is 527. The molecule has 1 amide bonds. The molecule has 102 valence electrons. The van der Waals surface area contributed by atoms with E-state index in [2.05, 4.69) is 11.8 Å². The van der Waals surface area contributed by atoms with Gasteiger partial charge in [0.1, 0.15) is 6.61 Å². The summed E-state index contributed by atoms with van der Waals surface area (Å²) in [7, 11) is 0. The molecule has 19 heavy (non-hydrogen) atoms. The molecule has 1 unspecified atom stereocenters. The summed E-state index contributed by atoms with van der Waals surface area (Å²) in [6, 6.07) is 1.98. The van der Waals surface area contributed by atoms with Gasteiger partial charge in [-0.2, -0.15) is 0 Å². The van der Waals surface area contributed by atoms with Crippen LogP contribution >= 0.6 is 11.3 Å². The average molecular weight is 279 g/mol. The van der Waals surface area contributed by atoms with Gasteiger partial charge in [-0.3, -0.25) is 4.79 Å². The Labute approximate surface area is 117 Å². The lowest BCUT2D eigenvalue weighted by Gasteiger charge is -2.32. The molecule has 2 rings (SSSR count). The number of amides is 1. The highest BCUT2D eigenvalue weighted by Gasteiger charge is 2.26. The van der Waals surface area contributed by atoms with Crippen LogP contribution in [0.5, 0.6) is 0 Å². The molecular formula is C14H17NO3S. The van der Waals surface area contributed by atoms with Crippen molar-refractivity contribution in [2.75, 3.05) is 26.4 Å². The molecular weight excluding hydrogens is 262 g/mol. The molecule has 4 nitrogen and oxygen atoms in total. The van der Waals surface area contributed by atoms with Gasteiger partial charge < -0.3 is 14.7 Å². The van der Waals surface area contributed by atoms with Crippen molar-refractivity contribution in [3.8, 4) is 11.8 Å². The van der Waals surface area contributed by atoms with E-state index in [4.69, 9.17) is 9.84 Å². The molecule has 1 aliphatic rings. The average Bonchev–Trinajstić information content (AvgIpc) is 2.77. The number of ether oxygens (including phenoxy) is 1. The highest BCUT2D eigenvalue weighted by Crippen LogP contribution is 2.23. The summed E-state index contributed by atoms with van der Waals surface area (Å²) in [4.78, 5) is 15.8. The maximum atomic E-state index is 12.4. The maximum Gasteiger partial charge on any atom is 0.264 e. The largest absolute Gasteiger partial charge is 0.384 e. The van der Waals surface area contributed by atoms with Crippen molar-refractivity contribution in [1.82, 2.24) is 4.90 Å². The van der Waals surface area contributed by atoms with Crippen molar-refractivity contribution in [2.24, 2.45) is 0 Å². The van der Waals surface area contributed by atoms with Crippen LogP contribution in [0.1, 0.15) is 27.0 Å². The summed E-state index contributed by atoms with van der Waals surface area (Å²) in [5, 5.41) is 8.71. The van der Waals surface area contributed by atoms with Gasteiger partial charge in [-0.25, -0.2) is 0 Å². The van der Waals surface area contributed by atoms with E-state index in [9.17, 15) is 4.79 Å². The van der Waals surface area contributed by atoms with Crippen molar-refractivity contribution in [1.29, 1.82) is 0 Å². The number of carbonyl (C=O) groups excluding carboxylic acids is 1. The van der Waals surface area contributed by atoms with Gasteiger partial charge in [0.15, 0.2) is 0 Å². The number of thiophene rings is 1. The Morgan fingerprint density at radius 2 is 2.47 bits per heavy atom. The Kier molecular flexibility index (Phi) is 4.59. The first kappa shape index (κ1) is 14.1. The Morgan fingerprint density at radius 3 is 3.16 bits per heavy atom. The lowest BCUT2D eigenvalue weighted by atomic mass is 10.2. The van der Waals surface area contributed by atoms with Crippen LogP contribution in [0, 0.1) is 18.8 Å². The minimum Gasteiger partial charge on any atom is -0.384 e. The molecule has 0 radical (unpaired) electrons. The molecule has 1 fully saturated rings. The predicted molar refractivity (Wildman–Crippen MR) is 74.3 cm³/mol. The van der Waals surface area contributed by atoms with E-state index in [1.165, 1.54) is 11.3 Å². The number of aryl methyl sites for hydroxylation is 1. The summed E-state index contributed by atoms with van der Waals surface area (Å²) in [6.45, 7) is 5.57. The van der Waals surface area contributed by atoms with E-state index in [1.54, 1.807) is 0 Å².